The molecule has 1 aromatic heterocycles. The molecule has 0 spiro atoms. The quantitative estimate of drug-likeness (QED) is 0.873. The van der Waals surface area contributed by atoms with Crippen molar-refractivity contribution in [1.29, 1.82) is 0 Å². The average molecular weight is 337 g/mol. The Labute approximate surface area is 124 Å². The van der Waals surface area contributed by atoms with Crippen molar-refractivity contribution >= 4 is 39.2 Å². The maximum Gasteiger partial charge on any atom is 0.323 e. The van der Waals surface area contributed by atoms with E-state index < -0.39 is 5.97 Å². The molecular weight excluding hydrogens is 324 g/mol. The molecule has 1 aromatic carbocycles. The molecule has 7 heteroatoms. The molecule has 1 heterocycles. The van der Waals surface area contributed by atoms with E-state index >= 15 is 0 Å². The fourth-order valence-electron chi connectivity index (χ4n) is 1.65. The highest BCUT2D eigenvalue weighted by Gasteiger charge is 2.12. The topological polar surface area (TPSA) is 78.4 Å². The van der Waals surface area contributed by atoms with E-state index in [2.05, 4.69) is 31.2 Å². The number of benzene rings is 1. The Balaban J connectivity index is 2.23. The summed E-state index contributed by atoms with van der Waals surface area (Å²) in [4.78, 5) is 20.7. The van der Waals surface area contributed by atoms with Crippen LogP contribution in [0.25, 0.3) is 0 Å². The molecular formula is C13H13BrN4O2. The first kappa shape index (κ1) is 14.3. The molecule has 0 aliphatic carbocycles. The highest BCUT2D eigenvalue weighted by Crippen LogP contribution is 2.24. The molecule has 0 radical (unpaired) electrons. The first-order valence-corrected chi connectivity index (χ1v) is 6.62. The first-order chi connectivity index (χ1) is 9.56. The second kappa shape index (κ2) is 6.33. The molecule has 0 amide bonds. The van der Waals surface area contributed by atoms with Crippen LogP contribution < -0.4 is 10.2 Å². The third-order valence-electron chi connectivity index (χ3n) is 2.52. The standard InChI is InChI=1S/C13H13BrN4O2/c1-18(8-11(19)20)13-12(15-6-7-16-13)17-10-4-2-9(14)3-5-10/h2-7H,8H2,1H3,(H,15,17)(H,19,20). The Morgan fingerprint density at radius 1 is 1.30 bits per heavy atom. The lowest BCUT2D eigenvalue weighted by atomic mass is 10.3. The number of nitrogens with zero attached hydrogens (tertiary/aromatic N) is 3. The lowest BCUT2D eigenvalue weighted by Crippen LogP contribution is -2.26. The molecule has 6 nitrogen and oxygen atoms in total. The van der Waals surface area contributed by atoms with Crippen molar-refractivity contribution in [2.75, 3.05) is 23.8 Å². The van der Waals surface area contributed by atoms with Gasteiger partial charge in [-0.15, -0.1) is 0 Å². The molecule has 0 aliphatic rings. The second-order valence-corrected chi connectivity index (χ2v) is 5.03. The van der Waals surface area contributed by atoms with E-state index in [1.54, 1.807) is 13.2 Å². The number of rotatable bonds is 5. The minimum Gasteiger partial charge on any atom is -0.480 e. The summed E-state index contributed by atoms with van der Waals surface area (Å²) in [6.07, 6.45) is 3.08. The number of nitrogens with one attached hydrogen (secondary N) is 1. The summed E-state index contributed by atoms with van der Waals surface area (Å²) in [6, 6.07) is 7.58. The number of halogens is 1. The largest absolute Gasteiger partial charge is 0.480 e. The number of hydrogen-bond donors (Lipinski definition) is 2. The predicted molar refractivity (Wildman–Crippen MR) is 80.4 cm³/mol. The molecule has 20 heavy (non-hydrogen) atoms. The van der Waals surface area contributed by atoms with Gasteiger partial charge in [-0.2, -0.15) is 0 Å². The summed E-state index contributed by atoms with van der Waals surface area (Å²) >= 11 is 3.37. The lowest BCUT2D eigenvalue weighted by Gasteiger charge is -2.18. The van der Waals surface area contributed by atoms with Gasteiger partial charge in [0, 0.05) is 29.6 Å². The molecule has 0 bridgehead atoms. The first-order valence-electron chi connectivity index (χ1n) is 5.83. The monoisotopic (exact) mass is 336 g/mol. The second-order valence-electron chi connectivity index (χ2n) is 4.11. The predicted octanol–water partition coefficient (Wildman–Crippen LogP) is 2.50. The lowest BCUT2D eigenvalue weighted by molar-refractivity contribution is -0.135. The van der Waals surface area contributed by atoms with Crippen molar-refractivity contribution in [3.8, 4) is 0 Å². The van der Waals surface area contributed by atoms with Crippen LogP contribution in [0.4, 0.5) is 17.3 Å². The molecule has 0 aliphatic heterocycles. The van der Waals surface area contributed by atoms with E-state index in [-0.39, 0.29) is 6.54 Å². The van der Waals surface area contributed by atoms with Crippen LogP contribution in [0.2, 0.25) is 0 Å². The van der Waals surface area contributed by atoms with Gasteiger partial charge in [0.05, 0.1) is 0 Å². The Hall–Kier alpha value is -2.15. The maximum atomic E-state index is 10.8. The van der Waals surface area contributed by atoms with Crippen molar-refractivity contribution in [3.05, 3.63) is 41.1 Å². The molecule has 104 valence electrons. The minimum absolute atomic E-state index is 0.145. The van der Waals surface area contributed by atoms with E-state index in [1.807, 2.05) is 24.3 Å². The molecule has 0 fully saturated rings. The molecule has 2 aromatic rings. The molecule has 0 atom stereocenters. The van der Waals surface area contributed by atoms with Crippen LogP contribution in [-0.4, -0.2) is 34.6 Å². The van der Waals surface area contributed by atoms with Crippen molar-refractivity contribution in [2.24, 2.45) is 0 Å². The maximum absolute atomic E-state index is 10.8. The fourth-order valence-corrected chi connectivity index (χ4v) is 1.91. The van der Waals surface area contributed by atoms with Gasteiger partial charge >= 0.3 is 5.97 Å². The number of hydrogen-bond acceptors (Lipinski definition) is 5. The molecule has 2 N–H and O–H groups in total. The van der Waals surface area contributed by atoms with Crippen LogP contribution in [0.15, 0.2) is 41.1 Å². The van der Waals surface area contributed by atoms with Gasteiger partial charge in [0.1, 0.15) is 6.54 Å². The number of carboxylic acid groups (broad SMARTS) is 1. The van der Waals surface area contributed by atoms with Crippen molar-refractivity contribution < 1.29 is 9.90 Å². The van der Waals surface area contributed by atoms with Gasteiger partial charge in [0.2, 0.25) is 0 Å². The summed E-state index contributed by atoms with van der Waals surface area (Å²) in [5.74, 6) is 0.0733. The van der Waals surface area contributed by atoms with Gasteiger partial charge < -0.3 is 15.3 Å². The molecule has 0 saturated heterocycles. The fraction of sp³-hybridized carbons (Fsp3) is 0.154. The highest BCUT2D eigenvalue weighted by molar-refractivity contribution is 9.10. The van der Waals surface area contributed by atoms with Crippen LogP contribution in [0.1, 0.15) is 0 Å². The summed E-state index contributed by atoms with van der Waals surface area (Å²) in [7, 11) is 1.66. The average Bonchev–Trinajstić information content (AvgIpc) is 2.41. The van der Waals surface area contributed by atoms with E-state index in [1.165, 1.54) is 11.1 Å². The van der Waals surface area contributed by atoms with E-state index in [4.69, 9.17) is 5.11 Å². The summed E-state index contributed by atoms with van der Waals surface area (Å²) < 4.78 is 0.977. The van der Waals surface area contributed by atoms with Crippen LogP contribution in [-0.2, 0) is 4.79 Å². The zero-order chi connectivity index (χ0) is 14.5. The summed E-state index contributed by atoms with van der Waals surface area (Å²) in [6.45, 7) is -0.145. The van der Waals surface area contributed by atoms with E-state index in [9.17, 15) is 4.79 Å². The van der Waals surface area contributed by atoms with Gasteiger partial charge in [0.25, 0.3) is 0 Å². The number of anilines is 3. The Morgan fingerprint density at radius 3 is 2.60 bits per heavy atom. The summed E-state index contributed by atoms with van der Waals surface area (Å²) in [5, 5.41) is 12.0. The van der Waals surface area contributed by atoms with Crippen LogP contribution in [0, 0.1) is 0 Å². The van der Waals surface area contributed by atoms with Crippen molar-refractivity contribution in [2.45, 2.75) is 0 Å². The van der Waals surface area contributed by atoms with Gasteiger partial charge in [-0.3, -0.25) is 4.79 Å². The number of likely N-dealkylation sites (N-methyl/N-ethyl adjacent to an activating group) is 1. The normalized spacial score (nSPS) is 10.1. The van der Waals surface area contributed by atoms with Crippen LogP contribution >= 0.6 is 15.9 Å². The zero-order valence-electron chi connectivity index (χ0n) is 10.7. The number of aliphatic carboxylic acids is 1. The number of carboxylic acids is 1. The number of carbonyl (C=O) groups is 1. The van der Waals surface area contributed by atoms with Crippen molar-refractivity contribution in [1.82, 2.24) is 9.97 Å². The molecule has 0 unspecified atom stereocenters. The highest BCUT2D eigenvalue weighted by atomic mass is 79.9. The number of aromatic nitrogens is 2. The Morgan fingerprint density at radius 2 is 1.95 bits per heavy atom. The van der Waals surface area contributed by atoms with Crippen LogP contribution in [0.3, 0.4) is 0 Å². The van der Waals surface area contributed by atoms with Gasteiger partial charge in [-0.1, -0.05) is 15.9 Å². The van der Waals surface area contributed by atoms with Gasteiger partial charge in [-0.05, 0) is 24.3 Å². The third kappa shape index (κ3) is 3.67. The molecule has 2 rings (SSSR count). The minimum atomic E-state index is -0.923. The zero-order valence-corrected chi connectivity index (χ0v) is 12.3. The summed E-state index contributed by atoms with van der Waals surface area (Å²) in [5.41, 5.74) is 0.846. The van der Waals surface area contributed by atoms with Gasteiger partial charge in [0.15, 0.2) is 11.6 Å². The molecule has 0 saturated carbocycles. The Kier molecular flexibility index (Phi) is 4.52. The van der Waals surface area contributed by atoms with Crippen molar-refractivity contribution in [3.63, 3.8) is 0 Å². The van der Waals surface area contributed by atoms with E-state index in [0.29, 0.717) is 11.6 Å². The third-order valence-corrected chi connectivity index (χ3v) is 3.05. The SMILES string of the molecule is CN(CC(=O)O)c1nccnc1Nc1ccc(Br)cc1. The van der Waals surface area contributed by atoms with Gasteiger partial charge in [-0.25, -0.2) is 9.97 Å². The smallest absolute Gasteiger partial charge is 0.323 e. The Bertz CT molecular complexity index is 604. The van der Waals surface area contributed by atoms with Crippen LogP contribution in [0.5, 0.6) is 0 Å². The van der Waals surface area contributed by atoms with E-state index in [0.717, 1.165) is 10.2 Å².